The Balaban J connectivity index is 1.20. The summed E-state index contributed by atoms with van der Waals surface area (Å²) in [7, 11) is 0. The summed E-state index contributed by atoms with van der Waals surface area (Å²) in [6.07, 6.45) is 5.19. The van der Waals surface area contributed by atoms with Gasteiger partial charge in [-0.1, -0.05) is 19.0 Å². The van der Waals surface area contributed by atoms with Crippen LogP contribution in [0.15, 0.2) is 35.2 Å². The number of nitrogens with zero attached hydrogens (tertiary/aromatic N) is 7. The Morgan fingerprint density at radius 3 is 2.55 bits per heavy atom. The summed E-state index contributed by atoms with van der Waals surface area (Å²) in [5.41, 5.74) is 0.819. The predicted molar refractivity (Wildman–Crippen MR) is 137 cm³/mol. The van der Waals surface area contributed by atoms with Crippen molar-refractivity contribution in [1.29, 1.82) is 0 Å². The molecule has 0 saturated carbocycles. The summed E-state index contributed by atoms with van der Waals surface area (Å²) >= 11 is 0. The molecule has 0 radical (unpaired) electrons. The van der Waals surface area contributed by atoms with Crippen LogP contribution in [0.2, 0.25) is 0 Å². The Bertz CT molecular complexity index is 1490. The number of amides is 1. The van der Waals surface area contributed by atoms with Crippen LogP contribution in [0.3, 0.4) is 0 Å². The summed E-state index contributed by atoms with van der Waals surface area (Å²) in [5, 5.41) is 7.12. The third-order valence-electron chi connectivity index (χ3n) is 7.25. The van der Waals surface area contributed by atoms with E-state index in [1.54, 1.807) is 11.0 Å². The van der Waals surface area contributed by atoms with Gasteiger partial charge in [-0.2, -0.15) is 4.98 Å². The fourth-order valence-electron chi connectivity index (χ4n) is 4.92. The van der Waals surface area contributed by atoms with Crippen molar-refractivity contribution in [3.63, 3.8) is 0 Å². The molecule has 12 heteroatoms. The molecule has 0 atom stereocenters. The molecule has 10 nitrogen and oxygen atoms in total. The molecule has 0 spiro atoms. The first-order valence-corrected chi connectivity index (χ1v) is 12.8. The highest BCUT2D eigenvalue weighted by atomic mass is 19.1. The van der Waals surface area contributed by atoms with Gasteiger partial charge in [0.25, 0.3) is 5.91 Å². The predicted octanol–water partition coefficient (Wildman–Crippen LogP) is 4.65. The zero-order valence-corrected chi connectivity index (χ0v) is 21.2. The minimum Gasteiger partial charge on any atom is -0.339 e. The number of rotatable bonds is 6. The highest BCUT2D eigenvalue weighted by Crippen LogP contribution is 2.34. The molecule has 1 aromatic carbocycles. The molecule has 0 unspecified atom stereocenters. The number of hydrogen-bond donors (Lipinski definition) is 1. The lowest BCUT2D eigenvalue weighted by atomic mass is 10.1. The maximum Gasteiger partial charge on any atom is 0.324 e. The molecule has 0 aliphatic carbocycles. The van der Waals surface area contributed by atoms with E-state index >= 15 is 4.39 Å². The zero-order valence-electron chi connectivity index (χ0n) is 21.2. The van der Waals surface area contributed by atoms with Crippen molar-refractivity contribution in [2.45, 2.75) is 45.1 Å². The van der Waals surface area contributed by atoms with Gasteiger partial charge in [0.05, 0.1) is 11.1 Å². The van der Waals surface area contributed by atoms with Crippen LogP contribution in [-0.4, -0.2) is 61.7 Å². The van der Waals surface area contributed by atoms with Gasteiger partial charge in [0.2, 0.25) is 0 Å². The van der Waals surface area contributed by atoms with E-state index in [1.165, 1.54) is 24.7 Å². The summed E-state index contributed by atoms with van der Waals surface area (Å²) in [5.74, 6) is -0.283. The number of halogens is 2. The van der Waals surface area contributed by atoms with E-state index < -0.39 is 11.6 Å². The average molecular weight is 523 g/mol. The molecular formula is C26H28F2N8O2. The van der Waals surface area contributed by atoms with Gasteiger partial charge in [-0.3, -0.25) is 4.79 Å². The summed E-state index contributed by atoms with van der Waals surface area (Å²) in [6.45, 7) is 6.74. The number of carbonyl (C=O) groups is 1. The maximum absolute atomic E-state index is 15.2. The number of anilines is 3. The lowest BCUT2D eigenvalue weighted by Crippen LogP contribution is -2.42. The van der Waals surface area contributed by atoms with E-state index in [9.17, 15) is 9.18 Å². The molecule has 4 aromatic rings. The van der Waals surface area contributed by atoms with Crippen molar-refractivity contribution in [2.24, 2.45) is 0 Å². The minimum absolute atomic E-state index is 0.0111. The van der Waals surface area contributed by atoms with Crippen molar-refractivity contribution >= 4 is 34.5 Å². The van der Waals surface area contributed by atoms with Crippen LogP contribution in [0.5, 0.6) is 0 Å². The fourth-order valence-corrected chi connectivity index (χ4v) is 4.92. The quantitative estimate of drug-likeness (QED) is 0.390. The van der Waals surface area contributed by atoms with Gasteiger partial charge in [0, 0.05) is 49.9 Å². The van der Waals surface area contributed by atoms with E-state index in [4.69, 9.17) is 4.52 Å². The number of nitrogens with one attached hydrogen (secondary N) is 1. The summed E-state index contributed by atoms with van der Waals surface area (Å²) < 4.78 is 37.4. The second-order valence-corrected chi connectivity index (χ2v) is 10.1. The molecule has 38 heavy (non-hydrogen) atoms. The average Bonchev–Trinajstić information content (AvgIpc) is 3.50. The third kappa shape index (κ3) is 4.33. The highest BCUT2D eigenvalue weighted by molar-refractivity contribution is 5.95. The Morgan fingerprint density at radius 1 is 1.11 bits per heavy atom. The summed E-state index contributed by atoms with van der Waals surface area (Å²) in [6, 6.07) is 4.75. The van der Waals surface area contributed by atoms with E-state index in [2.05, 4.69) is 25.4 Å². The molecular weight excluding hydrogens is 494 g/mol. The van der Waals surface area contributed by atoms with Gasteiger partial charge in [-0.15, -0.1) is 0 Å². The number of benzene rings is 1. The van der Waals surface area contributed by atoms with Crippen molar-refractivity contribution in [3.8, 4) is 0 Å². The first-order chi connectivity index (χ1) is 18.4. The second-order valence-electron chi connectivity index (χ2n) is 10.1. The third-order valence-corrected chi connectivity index (χ3v) is 7.25. The smallest absolute Gasteiger partial charge is 0.324 e. The minimum atomic E-state index is -0.614. The summed E-state index contributed by atoms with van der Waals surface area (Å²) in [4.78, 5) is 29.1. The van der Waals surface area contributed by atoms with Gasteiger partial charge in [0.15, 0.2) is 11.6 Å². The first kappa shape index (κ1) is 24.3. The number of carbonyl (C=O) groups excluding carboxylic acids is 1. The molecule has 2 aliphatic heterocycles. The van der Waals surface area contributed by atoms with E-state index in [-0.39, 0.29) is 40.3 Å². The first-order valence-electron chi connectivity index (χ1n) is 12.8. The van der Waals surface area contributed by atoms with Gasteiger partial charge in [-0.25, -0.2) is 18.7 Å². The molecule has 1 N–H and O–H groups in total. The van der Waals surface area contributed by atoms with Crippen molar-refractivity contribution in [3.05, 3.63) is 53.7 Å². The molecule has 2 fully saturated rings. The van der Waals surface area contributed by atoms with Crippen LogP contribution in [0.1, 0.15) is 61.3 Å². The number of hydrogen-bond acceptors (Lipinski definition) is 8. The lowest BCUT2D eigenvalue weighted by Gasteiger charge is -2.31. The van der Waals surface area contributed by atoms with E-state index in [0.717, 1.165) is 19.3 Å². The molecule has 198 valence electrons. The van der Waals surface area contributed by atoms with Crippen molar-refractivity contribution in [2.75, 3.05) is 36.4 Å². The van der Waals surface area contributed by atoms with Gasteiger partial charge < -0.3 is 24.2 Å². The maximum atomic E-state index is 15.2. The molecule has 1 amide bonds. The Morgan fingerprint density at radius 2 is 1.89 bits per heavy atom. The normalized spacial score (nSPS) is 16.3. The lowest BCUT2D eigenvalue weighted by molar-refractivity contribution is 0.0651. The van der Waals surface area contributed by atoms with Gasteiger partial charge >= 0.3 is 6.01 Å². The number of piperidine rings is 1. The molecule has 3 aromatic heterocycles. The van der Waals surface area contributed by atoms with E-state index in [1.807, 2.05) is 23.3 Å². The van der Waals surface area contributed by atoms with Crippen LogP contribution in [0, 0.1) is 11.6 Å². The molecule has 2 saturated heterocycles. The monoisotopic (exact) mass is 522 g/mol. The Kier molecular flexibility index (Phi) is 6.16. The molecule has 5 heterocycles. The largest absolute Gasteiger partial charge is 0.339 e. The fraction of sp³-hybridized carbons (Fsp3) is 0.423. The van der Waals surface area contributed by atoms with Crippen molar-refractivity contribution in [1.82, 2.24) is 29.6 Å². The number of likely N-dealkylation sites (tertiary alicyclic amines) is 1. The standard InChI is InChI=1S/C26H28F2N8O2/c1-15(2)22-32-26(38-33-22)35-10-6-17(7-11-35)36-13-19(28)21-23(29-14-30-24(21)36)31-20-5-4-16(12-18(20)27)25(37)34-8-3-9-34/h4-5,12-15,17H,3,6-11H2,1-2H3,(H,29,30,31). The van der Waals surface area contributed by atoms with Crippen LogP contribution >= 0.6 is 0 Å². The van der Waals surface area contributed by atoms with Crippen LogP contribution < -0.4 is 10.2 Å². The van der Waals surface area contributed by atoms with Crippen LogP contribution in [0.4, 0.5) is 26.3 Å². The number of fused-ring (bicyclic) bond motifs is 1. The SMILES string of the molecule is CC(C)c1noc(N2CCC(n3cc(F)c4c(Nc5ccc(C(=O)N6CCC6)cc5F)ncnc43)CC2)n1. The molecule has 2 aliphatic rings. The molecule has 0 bridgehead atoms. The number of aromatic nitrogens is 5. The van der Waals surface area contributed by atoms with Gasteiger partial charge in [0.1, 0.15) is 23.6 Å². The molecule has 6 rings (SSSR count). The topological polar surface area (TPSA) is 105 Å². The zero-order chi connectivity index (χ0) is 26.4. The van der Waals surface area contributed by atoms with Gasteiger partial charge in [-0.05, 0) is 37.5 Å². The second kappa shape index (κ2) is 9.66. The van der Waals surface area contributed by atoms with Crippen LogP contribution in [-0.2, 0) is 0 Å². The Labute approximate surface area is 217 Å². The van der Waals surface area contributed by atoms with Crippen LogP contribution in [0.25, 0.3) is 11.0 Å². The Hall–Kier alpha value is -4.09. The van der Waals surface area contributed by atoms with E-state index in [0.29, 0.717) is 43.7 Å². The highest BCUT2D eigenvalue weighted by Gasteiger charge is 2.28. The van der Waals surface area contributed by atoms with Crippen molar-refractivity contribution < 1.29 is 18.1 Å².